The maximum Gasteiger partial charge on any atom is 0.203 e. The summed E-state index contributed by atoms with van der Waals surface area (Å²) in [7, 11) is 0. The number of aromatic nitrogens is 2. The lowest BCUT2D eigenvalue weighted by Crippen LogP contribution is -1.86. The summed E-state index contributed by atoms with van der Waals surface area (Å²) in [6.45, 7) is 0. The number of hydrogen-bond acceptors (Lipinski definition) is 4. The molecule has 0 amide bonds. The number of oxazole rings is 2. The zero-order valence-corrected chi connectivity index (χ0v) is 5.73. The van der Waals surface area contributed by atoms with Gasteiger partial charge in [-0.2, -0.15) is 0 Å². The first-order valence-electron chi connectivity index (χ1n) is 3.22. The molecule has 4 nitrogen and oxygen atoms in total. The fourth-order valence-corrected chi connectivity index (χ4v) is 0.810. The molecule has 0 saturated carbocycles. The van der Waals surface area contributed by atoms with Crippen LogP contribution in [0.1, 0.15) is 11.8 Å². The fourth-order valence-electron chi connectivity index (χ4n) is 0.810. The van der Waals surface area contributed by atoms with Gasteiger partial charge in [-0.05, 0) is 0 Å². The van der Waals surface area contributed by atoms with Gasteiger partial charge in [-0.15, -0.1) is 0 Å². The van der Waals surface area contributed by atoms with Crippen molar-refractivity contribution >= 4 is 0 Å². The van der Waals surface area contributed by atoms with Gasteiger partial charge < -0.3 is 8.83 Å². The van der Waals surface area contributed by atoms with Crippen LogP contribution in [0.5, 0.6) is 0 Å². The smallest absolute Gasteiger partial charge is 0.203 e. The van der Waals surface area contributed by atoms with Crippen LogP contribution in [0.25, 0.3) is 0 Å². The summed E-state index contributed by atoms with van der Waals surface area (Å²) in [5.41, 5.74) is 0. The van der Waals surface area contributed by atoms with Gasteiger partial charge >= 0.3 is 0 Å². The normalized spacial score (nSPS) is 10.2. The average Bonchev–Trinajstić information content (AvgIpc) is 2.60. The first-order valence-corrected chi connectivity index (χ1v) is 3.22. The van der Waals surface area contributed by atoms with E-state index in [0.717, 1.165) is 0 Å². The van der Waals surface area contributed by atoms with Crippen molar-refractivity contribution in [2.75, 3.05) is 0 Å². The van der Waals surface area contributed by atoms with Gasteiger partial charge in [0.1, 0.15) is 18.9 Å². The zero-order valence-electron chi connectivity index (χ0n) is 5.73. The van der Waals surface area contributed by atoms with Gasteiger partial charge in [-0.25, -0.2) is 9.97 Å². The third-order valence-electron chi connectivity index (χ3n) is 1.27. The highest BCUT2D eigenvalue weighted by Gasteiger charge is 2.02. The second-order valence-corrected chi connectivity index (χ2v) is 2.03. The van der Waals surface area contributed by atoms with Crippen LogP contribution in [-0.2, 0) is 6.42 Å². The van der Waals surface area contributed by atoms with Crippen molar-refractivity contribution in [3.8, 4) is 0 Å². The molecule has 0 spiro atoms. The molecule has 0 aliphatic rings. The molecule has 0 radical (unpaired) electrons. The molecule has 0 aromatic carbocycles. The minimum Gasteiger partial charge on any atom is -0.448 e. The van der Waals surface area contributed by atoms with E-state index in [-0.39, 0.29) is 0 Å². The van der Waals surface area contributed by atoms with E-state index >= 15 is 0 Å². The van der Waals surface area contributed by atoms with E-state index in [1.165, 1.54) is 12.5 Å². The molecule has 0 saturated heterocycles. The summed E-state index contributed by atoms with van der Waals surface area (Å²) in [5, 5.41) is 0. The monoisotopic (exact) mass is 150 g/mol. The maximum absolute atomic E-state index is 5.00. The molecule has 0 N–H and O–H groups in total. The van der Waals surface area contributed by atoms with Gasteiger partial charge in [0.05, 0.1) is 12.4 Å². The standard InChI is InChI=1S/C7H6N2O2/c1-3-10-6(8-1)5-7-9-2-4-11-7/h1-4H,5H2. The maximum atomic E-state index is 5.00. The minimum atomic E-state index is 0.514. The van der Waals surface area contributed by atoms with Crippen LogP contribution in [0.15, 0.2) is 33.8 Å². The van der Waals surface area contributed by atoms with Gasteiger partial charge in [0.15, 0.2) is 0 Å². The van der Waals surface area contributed by atoms with Gasteiger partial charge in [-0.1, -0.05) is 0 Å². The molecule has 0 unspecified atom stereocenters. The van der Waals surface area contributed by atoms with E-state index in [0.29, 0.717) is 18.2 Å². The van der Waals surface area contributed by atoms with Crippen molar-refractivity contribution in [3.63, 3.8) is 0 Å². The van der Waals surface area contributed by atoms with Gasteiger partial charge in [0.2, 0.25) is 11.8 Å². The third-order valence-corrected chi connectivity index (χ3v) is 1.27. The lowest BCUT2D eigenvalue weighted by molar-refractivity contribution is 0.455. The Morgan fingerprint density at radius 1 is 1.00 bits per heavy atom. The van der Waals surface area contributed by atoms with Crippen molar-refractivity contribution in [3.05, 3.63) is 36.7 Å². The Kier molecular flexibility index (Phi) is 1.44. The van der Waals surface area contributed by atoms with Crippen LogP contribution in [0, 0.1) is 0 Å². The SMILES string of the molecule is c1coc(Cc2ncco2)n1. The van der Waals surface area contributed by atoms with E-state index < -0.39 is 0 Å². The summed E-state index contributed by atoms with van der Waals surface area (Å²) >= 11 is 0. The van der Waals surface area contributed by atoms with Crippen molar-refractivity contribution in [1.29, 1.82) is 0 Å². The summed E-state index contributed by atoms with van der Waals surface area (Å²) in [6.07, 6.45) is 6.76. The summed E-state index contributed by atoms with van der Waals surface area (Å²) < 4.78 is 9.99. The fraction of sp³-hybridized carbons (Fsp3) is 0.143. The Bertz CT molecular complexity index is 267. The van der Waals surface area contributed by atoms with Crippen LogP contribution in [-0.4, -0.2) is 9.97 Å². The van der Waals surface area contributed by atoms with Crippen LogP contribution in [0.3, 0.4) is 0 Å². The predicted molar refractivity (Wildman–Crippen MR) is 35.8 cm³/mol. The molecule has 2 heterocycles. The van der Waals surface area contributed by atoms with Crippen molar-refractivity contribution in [1.82, 2.24) is 9.97 Å². The van der Waals surface area contributed by atoms with Crippen molar-refractivity contribution in [2.24, 2.45) is 0 Å². The molecule has 0 atom stereocenters. The summed E-state index contributed by atoms with van der Waals surface area (Å²) in [6, 6.07) is 0. The van der Waals surface area contributed by atoms with E-state index in [9.17, 15) is 0 Å². The van der Waals surface area contributed by atoms with Crippen LogP contribution in [0.4, 0.5) is 0 Å². The number of nitrogens with zero attached hydrogens (tertiary/aromatic N) is 2. The molecular formula is C7H6N2O2. The molecule has 2 rings (SSSR count). The molecule has 2 aromatic rings. The predicted octanol–water partition coefficient (Wildman–Crippen LogP) is 1.25. The van der Waals surface area contributed by atoms with E-state index in [1.54, 1.807) is 12.4 Å². The molecular weight excluding hydrogens is 144 g/mol. The first-order chi connectivity index (χ1) is 5.45. The van der Waals surface area contributed by atoms with E-state index in [2.05, 4.69) is 9.97 Å². The van der Waals surface area contributed by atoms with Gasteiger partial charge in [-0.3, -0.25) is 0 Å². The van der Waals surface area contributed by atoms with Crippen molar-refractivity contribution in [2.45, 2.75) is 6.42 Å². The zero-order chi connectivity index (χ0) is 7.52. The Labute approximate surface area is 62.9 Å². The Morgan fingerprint density at radius 3 is 1.91 bits per heavy atom. The van der Waals surface area contributed by atoms with Crippen LogP contribution in [0.2, 0.25) is 0 Å². The molecule has 0 bridgehead atoms. The summed E-state index contributed by atoms with van der Waals surface area (Å²) in [4.78, 5) is 7.85. The molecule has 4 heteroatoms. The lowest BCUT2D eigenvalue weighted by Gasteiger charge is -1.86. The molecule has 2 aromatic heterocycles. The molecule has 56 valence electrons. The average molecular weight is 150 g/mol. The van der Waals surface area contributed by atoms with Crippen LogP contribution >= 0.6 is 0 Å². The molecule has 0 aliphatic carbocycles. The highest BCUT2D eigenvalue weighted by atomic mass is 16.4. The highest BCUT2D eigenvalue weighted by Crippen LogP contribution is 2.03. The third kappa shape index (κ3) is 1.29. The second kappa shape index (κ2) is 2.57. The van der Waals surface area contributed by atoms with E-state index in [4.69, 9.17) is 8.83 Å². The highest BCUT2D eigenvalue weighted by molar-refractivity contribution is 4.92. The van der Waals surface area contributed by atoms with E-state index in [1.807, 2.05) is 0 Å². The quantitative estimate of drug-likeness (QED) is 0.646. The Hall–Kier alpha value is -1.58. The lowest BCUT2D eigenvalue weighted by atomic mass is 10.4. The minimum absolute atomic E-state index is 0.514. The number of rotatable bonds is 2. The Balaban J connectivity index is 2.14. The second-order valence-electron chi connectivity index (χ2n) is 2.03. The molecule has 0 fully saturated rings. The molecule has 11 heavy (non-hydrogen) atoms. The topological polar surface area (TPSA) is 52.1 Å². The summed E-state index contributed by atoms with van der Waals surface area (Å²) in [5.74, 6) is 1.24. The largest absolute Gasteiger partial charge is 0.448 e. The first kappa shape index (κ1) is 6.15. The van der Waals surface area contributed by atoms with Crippen molar-refractivity contribution < 1.29 is 8.83 Å². The Morgan fingerprint density at radius 2 is 1.55 bits per heavy atom. The van der Waals surface area contributed by atoms with Crippen LogP contribution < -0.4 is 0 Å². The van der Waals surface area contributed by atoms with Gasteiger partial charge in [0.25, 0.3) is 0 Å². The number of hydrogen-bond donors (Lipinski definition) is 0. The van der Waals surface area contributed by atoms with Gasteiger partial charge in [0, 0.05) is 0 Å². The molecule has 0 aliphatic heterocycles.